The molecule has 2 aliphatic heterocycles. The van der Waals surface area contributed by atoms with Crippen molar-refractivity contribution in [2.75, 3.05) is 44.2 Å². The first-order chi connectivity index (χ1) is 15.0. The van der Waals surface area contributed by atoms with Crippen molar-refractivity contribution in [3.05, 3.63) is 47.5 Å². The molecule has 4 rings (SSSR count). The maximum Gasteiger partial charge on any atom is 0.228 e. The lowest BCUT2D eigenvalue weighted by Crippen LogP contribution is -2.51. The molecule has 2 aromatic rings. The Labute approximate surface area is 184 Å². The van der Waals surface area contributed by atoms with Crippen LogP contribution in [0.4, 0.5) is 5.69 Å². The van der Waals surface area contributed by atoms with Gasteiger partial charge in [0.1, 0.15) is 5.82 Å². The van der Waals surface area contributed by atoms with Crippen LogP contribution in [0.5, 0.6) is 0 Å². The highest BCUT2D eigenvalue weighted by Gasteiger charge is 2.38. The SMILES string of the molecule is CCc1nccn1CCN1CCN(C(=O)C2CC(=O)N(c3ccc(C)c(C)c3)C2)CC1. The predicted octanol–water partition coefficient (Wildman–Crippen LogP) is 2.26. The number of aryl methyl sites for hydroxylation is 3. The fourth-order valence-electron chi connectivity index (χ4n) is 4.57. The van der Waals surface area contributed by atoms with Crippen molar-refractivity contribution < 1.29 is 9.59 Å². The number of carbonyl (C=O) groups is 2. The molecule has 0 saturated carbocycles. The van der Waals surface area contributed by atoms with Crippen molar-refractivity contribution >= 4 is 17.5 Å². The molecule has 2 aliphatic rings. The summed E-state index contributed by atoms with van der Waals surface area (Å²) in [6.07, 6.45) is 5.15. The smallest absolute Gasteiger partial charge is 0.228 e. The third-order valence-electron chi connectivity index (χ3n) is 6.74. The minimum atomic E-state index is -0.237. The van der Waals surface area contributed by atoms with Gasteiger partial charge < -0.3 is 14.4 Å². The molecule has 2 saturated heterocycles. The number of piperazine rings is 1. The molecule has 1 atom stereocenters. The van der Waals surface area contributed by atoms with E-state index in [9.17, 15) is 9.59 Å². The van der Waals surface area contributed by atoms with Crippen LogP contribution in [0.15, 0.2) is 30.6 Å². The van der Waals surface area contributed by atoms with Crippen molar-refractivity contribution in [2.24, 2.45) is 5.92 Å². The largest absolute Gasteiger partial charge is 0.340 e. The Morgan fingerprint density at radius 1 is 1.10 bits per heavy atom. The number of hydrogen-bond acceptors (Lipinski definition) is 4. The van der Waals surface area contributed by atoms with Gasteiger partial charge in [-0.1, -0.05) is 13.0 Å². The molecule has 7 nitrogen and oxygen atoms in total. The predicted molar refractivity (Wildman–Crippen MR) is 121 cm³/mol. The Morgan fingerprint density at radius 2 is 1.87 bits per heavy atom. The number of hydrogen-bond donors (Lipinski definition) is 0. The van der Waals surface area contributed by atoms with Gasteiger partial charge in [-0.2, -0.15) is 0 Å². The van der Waals surface area contributed by atoms with Gasteiger partial charge in [-0.15, -0.1) is 0 Å². The molecular formula is C24H33N5O2. The normalized spacial score (nSPS) is 20.0. The maximum absolute atomic E-state index is 13.1. The summed E-state index contributed by atoms with van der Waals surface area (Å²) in [5.74, 6) is 1.06. The topological polar surface area (TPSA) is 61.7 Å². The van der Waals surface area contributed by atoms with E-state index >= 15 is 0 Å². The Hall–Kier alpha value is -2.67. The first-order valence-corrected chi connectivity index (χ1v) is 11.3. The lowest BCUT2D eigenvalue weighted by molar-refractivity contribution is -0.137. The van der Waals surface area contributed by atoms with Crippen LogP contribution in [0.2, 0.25) is 0 Å². The van der Waals surface area contributed by atoms with Crippen molar-refractivity contribution in [1.29, 1.82) is 0 Å². The van der Waals surface area contributed by atoms with Crippen LogP contribution in [0.25, 0.3) is 0 Å². The number of carbonyl (C=O) groups excluding carboxylic acids is 2. The summed E-state index contributed by atoms with van der Waals surface area (Å²) in [4.78, 5) is 36.2. The third-order valence-corrected chi connectivity index (χ3v) is 6.74. The molecule has 1 aromatic carbocycles. The summed E-state index contributed by atoms with van der Waals surface area (Å²) in [5, 5.41) is 0. The van der Waals surface area contributed by atoms with Crippen LogP contribution in [-0.4, -0.2) is 70.4 Å². The van der Waals surface area contributed by atoms with E-state index in [0.717, 1.165) is 62.8 Å². The van der Waals surface area contributed by atoms with E-state index in [2.05, 4.69) is 35.2 Å². The molecule has 1 unspecified atom stereocenters. The molecule has 0 spiro atoms. The number of imidazole rings is 1. The van der Waals surface area contributed by atoms with Crippen molar-refractivity contribution in [2.45, 2.75) is 40.2 Å². The molecule has 3 heterocycles. The van der Waals surface area contributed by atoms with Gasteiger partial charge in [0.25, 0.3) is 0 Å². The third kappa shape index (κ3) is 4.66. The van der Waals surface area contributed by atoms with Crippen molar-refractivity contribution in [1.82, 2.24) is 19.4 Å². The molecule has 0 N–H and O–H groups in total. The van der Waals surface area contributed by atoms with Gasteiger partial charge in [0, 0.05) is 76.7 Å². The summed E-state index contributed by atoms with van der Waals surface area (Å²) >= 11 is 0. The summed E-state index contributed by atoms with van der Waals surface area (Å²) < 4.78 is 2.21. The quantitative estimate of drug-likeness (QED) is 0.715. The zero-order valence-corrected chi connectivity index (χ0v) is 18.9. The van der Waals surface area contributed by atoms with Crippen LogP contribution >= 0.6 is 0 Å². The Balaban J connectivity index is 1.28. The molecule has 2 amide bonds. The Bertz CT molecular complexity index is 945. The molecule has 31 heavy (non-hydrogen) atoms. The number of amides is 2. The van der Waals surface area contributed by atoms with Crippen LogP contribution in [0.1, 0.15) is 30.3 Å². The van der Waals surface area contributed by atoms with E-state index in [1.54, 1.807) is 4.90 Å². The monoisotopic (exact) mass is 423 g/mol. The average molecular weight is 424 g/mol. The minimum absolute atomic E-state index is 0.0484. The summed E-state index contributed by atoms with van der Waals surface area (Å²) in [6.45, 7) is 11.8. The maximum atomic E-state index is 13.1. The molecule has 1 aromatic heterocycles. The van der Waals surface area contributed by atoms with E-state index in [4.69, 9.17) is 0 Å². The number of rotatable bonds is 6. The zero-order valence-electron chi connectivity index (χ0n) is 18.9. The Kier molecular flexibility index (Phi) is 6.41. The molecule has 0 aliphatic carbocycles. The van der Waals surface area contributed by atoms with E-state index in [-0.39, 0.29) is 17.7 Å². The minimum Gasteiger partial charge on any atom is -0.340 e. The highest BCUT2D eigenvalue weighted by atomic mass is 16.2. The van der Waals surface area contributed by atoms with Gasteiger partial charge in [0.15, 0.2) is 0 Å². The van der Waals surface area contributed by atoms with Crippen LogP contribution in [0, 0.1) is 19.8 Å². The molecule has 0 bridgehead atoms. The van der Waals surface area contributed by atoms with E-state index in [1.807, 2.05) is 35.5 Å². The first-order valence-electron chi connectivity index (χ1n) is 11.3. The lowest BCUT2D eigenvalue weighted by Gasteiger charge is -2.36. The van der Waals surface area contributed by atoms with Crippen LogP contribution in [0.3, 0.4) is 0 Å². The molecular weight excluding hydrogens is 390 g/mol. The standard InChI is InChI=1S/C24H33N5O2/c1-4-22-25-7-8-27(22)12-9-26-10-13-28(14-11-26)24(31)20-16-23(30)29(17-20)21-6-5-18(2)19(3)15-21/h5-8,15,20H,4,9-14,16-17H2,1-3H3. The van der Waals surface area contributed by atoms with E-state index in [1.165, 1.54) is 5.56 Å². The molecule has 166 valence electrons. The summed E-state index contributed by atoms with van der Waals surface area (Å²) in [5.41, 5.74) is 3.27. The highest BCUT2D eigenvalue weighted by Crippen LogP contribution is 2.28. The van der Waals surface area contributed by atoms with Gasteiger partial charge in [-0.05, 0) is 37.1 Å². The second kappa shape index (κ2) is 9.22. The van der Waals surface area contributed by atoms with E-state index < -0.39 is 0 Å². The fraction of sp³-hybridized carbons (Fsp3) is 0.542. The summed E-state index contributed by atoms with van der Waals surface area (Å²) in [6, 6.07) is 6.07. The van der Waals surface area contributed by atoms with Gasteiger partial charge in [0.05, 0.1) is 5.92 Å². The number of nitrogens with zero attached hydrogens (tertiary/aromatic N) is 5. The van der Waals surface area contributed by atoms with Gasteiger partial charge in [0.2, 0.25) is 11.8 Å². The fourth-order valence-corrected chi connectivity index (χ4v) is 4.57. The lowest BCUT2D eigenvalue weighted by atomic mass is 10.1. The highest BCUT2D eigenvalue weighted by molar-refractivity contribution is 6.00. The Morgan fingerprint density at radius 3 is 2.58 bits per heavy atom. The molecule has 0 radical (unpaired) electrons. The van der Waals surface area contributed by atoms with Gasteiger partial charge in [-0.25, -0.2) is 4.98 Å². The first kappa shape index (κ1) is 21.6. The molecule has 7 heteroatoms. The van der Waals surface area contributed by atoms with Gasteiger partial charge >= 0.3 is 0 Å². The van der Waals surface area contributed by atoms with Crippen LogP contribution in [-0.2, 0) is 22.6 Å². The van der Waals surface area contributed by atoms with Gasteiger partial charge in [-0.3, -0.25) is 14.5 Å². The number of benzene rings is 1. The number of aromatic nitrogens is 2. The number of anilines is 1. The molecule has 2 fully saturated rings. The van der Waals surface area contributed by atoms with Crippen molar-refractivity contribution in [3.8, 4) is 0 Å². The van der Waals surface area contributed by atoms with Crippen LogP contribution < -0.4 is 4.90 Å². The average Bonchev–Trinajstić information content (AvgIpc) is 3.40. The second-order valence-corrected chi connectivity index (χ2v) is 8.73. The van der Waals surface area contributed by atoms with E-state index in [0.29, 0.717) is 13.0 Å². The summed E-state index contributed by atoms with van der Waals surface area (Å²) in [7, 11) is 0. The van der Waals surface area contributed by atoms with Crippen molar-refractivity contribution in [3.63, 3.8) is 0 Å². The second-order valence-electron chi connectivity index (χ2n) is 8.73. The zero-order chi connectivity index (χ0) is 22.0.